The Morgan fingerprint density at radius 1 is 1.50 bits per heavy atom. The molecule has 18 heavy (non-hydrogen) atoms. The first-order valence-electron chi connectivity index (χ1n) is 5.92. The minimum atomic E-state index is -3.53. The Hall–Kier alpha value is -0.620. The fraction of sp³-hybridized carbons (Fsp3) is 0.500. The Morgan fingerprint density at radius 2 is 2.17 bits per heavy atom. The fourth-order valence-electron chi connectivity index (χ4n) is 1.84. The van der Waals surface area contributed by atoms with E-state index in [-0.39, 0.29) is 10.9 Å². The zero-order chi connectivity index (χ0) is 13.3. The summed E-state index contributed by atoms with van der Waals surface area (Å²) in [5, 5.41) is 0.452. The summed E-state index contributed by atoms with van der Waals surface area (Å²) in [5.41, 5.74) is 6.45. The van der Waals surface area contributed by atoms with Gasteiger partial charge in [-0.3, -0.25) is 0 Å². The van der Waals surface area contributed by atoms with E-state index in [0.29, 0.717) is 17.5 Å². The van der Waals surface area contributed by atoms with Crippen molar-refractivity contribution in [3.63, 3.8) is 0 Å². The normalized spacial score (nSPS) is 17.7. The van der Waals surface area contributed by atoms with Gasteiger partial charge in [-0.25, -0.2) is 13.1 Å². The zero-order valence-electron chi connectivity index (χ0n) is 10.2. The van der Waals surface area contributed by atoms with Gasteiger partial charge in [0.15, 0.2) is 0 Å². The lowest BCUT2D eigenvalue weighted by molar-refractivity contribution is 0.519. The molecule has 0 saturated heterocycles. The second-order valence-corrected chi connectivity index (χ2v) is 6.83. The maximum absolute atomic E-state index is 12.2. The Kier molecular flexibility index (Phi) is 3.96. The molecule has 2 rings (SSSR count). The lowest BCUT2D eigenvalue weighted by atomic mass is 10.2. The average molecular weight is 289 g/mol. The summed E-state index contributed by atoms with van der Waals surface area (Å²) in [6.45, 7) is 2.16. The highest BCUT2D eigenvalue weighted by Crippen LogP contribution is 2.33. The first-order valence-corrected chi connectivity index (χ1v) is 7.78. The summed E-state index contributed by atoms with van der Waals surface area (Å²) >= 11 is 5.95. The molecule has 0 heterocycles. The van der Waals surface area contributed by atoms with E-state index in [1.165, 1.54) is 6.07 Å². The Bertz CT molecular complexity index is 541. The third-order valence-corrected chi connectivity index (χ3v) is 5.10. The molecule has 3 N–H and O–H groups in total. The molecule has 1 unspecified atom stereocenters. The second-order valence-electron chi connectivity index (χ2n) is 4.71. The molecule has 1 aliphatic rings. The van der Waals surface area contributed by atoms with Crippen molar-refractivity contribution in [2.24, 2.45) is 11.7 Å². The number of rotatable bonds is 5. The van der Waals surface area contributed by atoms with Crippen LogP contribution in [-0.4, -0.2) is 21.0 Å². The molecule has 1 fully saturated rings. The van der Waals surface area contributed by atoms with E-state index in [1.54, 1.807) is 12.1 Å². The molecule has 1 saturated carbocycles. The molecule has 100 valence electrons. The van der Waals surface area contributed by atoms with Crippen LogP contribution >= 0.6 is 11.6 Å². The van der Waals surface area contributed by atoms with Crippen LogP contribution in [0.25, 0.3) is 0 Å². The van der Waals surface area contributed by atoms with Crippen LogP contribution in [0.2, 0.25) is 5.02 Å². The van der Waals surface area contributed by atoms with Crippen LogP contribution in [0.4, 0.5) is 0 Å². The van der Waals surface area contributed by atoms with E-state index in [4.69, 9.17) is 17.3 Å². The summed E-state index contributed by atoms with van der Waals surface area (Å²) < 4.78 is 27.0. The van der Waals surface area contributed by atoms with Crippen molar-refractivity contribution in [1.82, 2.24) is 4.72 Å². The van der Waals surface area contributed by atoms with Gasteiger partial charge in [-0.15, -0.1) is 0 Å². The van der Waals surface area contributed by atoms with Crippen molar-refractivity contribution in [3.8, 4) is 0 Å². The Labute approximate surface area is 113 Å². The highest BCUT2D eigenvalue weighted by molar-refractivity contribution is 7.89. The van der Waals surface area contributed by atoms with Gasteiger partial charge in [0.1, 0.15) is 0 Å². The van der Waals surface area contributed by atoms with E-state index in [1.807, 2.05) is 6.92 Å². The quantitative estimate of drug-likeness (QED) is 0.865. The number of aryl methyl sites for hydroxylation is 1. The van der Waals surface area contributed by atoms with Crippen LogP contribution in [0.3, 0.4) is 0 Å². The molecule has 1 aliphatic carbocycles. The number of halogens is 1. The van der Waals surface area contributed by atoms with Crippen molar-refractivity contribution >= 4 is 21.6 Å². The van der Waals surface area contributed by atoms with Gasteiger partial charge in [-0.1, -0.05) is 17.7 Å². The van der Waals surface area contributed by atoms with Gasteiger partial charge in [0.25, 0.3) is 0 Å². The minimum Gasteiger partial charge on any atom is -0.329 e. The lowest BCUT2D eigenvalue weighted by Gasteiger charge is -2.16. The molecule has 0 amide bonds. The maximum Gasteiger partial charge on any atom is 0.240 e. The molecule has 4 nitrogen and oxygen atoms in total. The van der Waals surface area contributed by atoms with Crippen LogP contribution in [-0.2, 0) is 10.0 Å². The molecular weight excluding hydrogens is 272 g/mol. The summed E-state index contributed by atoms with van der Waals surface area (Å²) in [6.07, 6.45) is 2.08. The van der Waals surface area contributed by atoms with Crippen LogP contribution in [0.5, 0.6) is 0 Å². The van der Waals surface area contributed by atoms with Gasteiger partial charge in [0, 0.05) is 17.6 Å². The summed E-state index contributed by atoms with van der Waals surface area (Å²) in [5.74, 6) is 0.380. The molecule has 1 atom stereocenters. The largest absolute Gasteiger partial charge is 0.329 e. The van der Waals surface area contributed by atoms with Crippen LogP contribution in [0, 0.1) is 12.8 Å². The predicted molar refractivity (Wildman–Crippen MR) is 72.1 cm³/mol. The second kappa shape index (κ2) is 5.17. The molecule has 0 aromatic heterocycles. The van der Waals surface area contributed by atoms with Crippen LogP contribution in [0.1, 0.15) is 18.4 Å². The number of hydrogen-bond donors (Lipinski definition) is 2. The smallest absolute Gasteiger partial charge is 0.240 e. The van der Waals surface area contributed by atoms with E-state index in [9.17, 15) is 8.42 Å². The Morgan fingerprint density at radius 3 is 2.67 bits per heavy atom. The van der Waals surface area contributed by atoms with E-state index in [2.05, 4.69) is 4.72 Å². The molecule has 0 aliphatic heterocycles. The first-order chi connectivity index (χ1) is 8.44. The van der Waals surface area contributed by atoms with Gasteiger partial charge in [0.2, 0.25) is 10.0 Å². The number of nitrogens with two attached hydrogens (primary N) is 1. The van der Waals surface area contributed by atoms with Gasteiger partial charge in [0.05, 0.1) is 4.90 Å². The molecule has 0 spiro atoms. The van der Waals surface area contributed by atoms with Gasteiger partial charge in [-0.05, 0) is 43.4 Å². The molecule has 1 aromatic rings. The number of benzene rings is 1. The molecule has 1 aromatic carbocycles. The van der Waals surface area contributed by atoms with Gasteiger partial charge in [-0.2, -0.15) is 0 Å². The standard InChI is InChI=1S/C12H17ClN2O2S/c1-8-2-5-10(6-11(8)13)18(16,17)15-12(7-14)9-3-4-9/h2,5-6,9,12,15H,3-4,7,14H2,1H3. The van der Waals surface area contributed by atoms with Gasteiger partial charge < -0.3 is 5.73 Å². The van der Waals surface area contributed by atoms with Crippen LogP contribution < -0.4 is 10.5 Å². The molecule has 0 bridgehead atoms. The summed E-state index contributed by atoms with van der Waals surface area (Å²) in [7, 11) is -3.53. The predicted octanol–water partition coefficient (Wildman–Crippen LogP) is 1.66. The SMILES string of the molecule is Cc1ccc(S(=O)(=O)NC(CN)C2CC2)cc1Cl. The zero-order valence-corrected chi connectivity index (χ0v) is 11.8. The molecular formula is C12H17ClN2O2S. The highest BCUT2D eigenvalue weighted by Gasteiger charge is 2.33. The highest BCUT2D eigenvalue weighted by atomic mass is 35.5. The fourth-order valence-corrected chi connectivity index (χ4v) is 3.43. The monoisotopic (exact) mass is 288 g/mol. The first kappa shape index (κ1) is 13.8. The topological polar surface area (TPSA) is 72.2 Å². The van der Waals surface area contributed by atoms with Crippen molar-refractivity contribution in [2.75, 3.05) is 6.54 Å². The number of hydrogen-bond acceptors (Lipinski definition) is 3. The Balaban J connectivity index is 2.21. The van der Waals surface area contributed by atoms with Crippen LogP contribution in [0.15, 0.2) is 23.1 Å². The van der Waals surface area contributed by atoms with Crippen molar-refractivity contribution < 1.29 is 8.42 Å². The number of sulfonamides is 1. The number of nitrogens with one attached hydrogen (secondary N) is 1. The summed E-state index contributed by atoms with van der Waals surface area (Å²) in [6, 6.07) is 4.56. The third-order valence-electron chi connectivity index (χ3n) is 3.21. The molecule has 6 heteroatoms. The van der Waals surface area contributed by atoms with E-state index in [0.717, 1.165) is 18.4 Å². The maximum atomic E-state index is 12.2. The van der Waals surface area contributed by atoms with Crippen molar-refractivity contribution in [2.45, 2.75) is 30.7 Å². The average Bonchev–Trinajstić information content (AvgIpc) is 3.13. The van der Waals surface area contributed by atoms with Gasteiger partial charge >= 0.3 is 0 Å². The van der Waals surface area contributed by atoms with Crippen molar-refractivity contribution in [3.05, 3.63) is 28.8 Å². The van der Waals surface area contributed by atoms with Crippen molar-refractivity contribution in [1.29, 1.82) is 0 Å². The minimum absolute atomic E-state index is 0.171. The third kappa shape index (κ3) is 3.03. The van der Waals surface area contributed by atoms with E-state index >= 15 is 0 Å². The summed E-state index contributed by atoms with van der Waals surface area (Å²) in [4.78, 5) is 0.192. The molecule has 0 radical (unpaired) electrons. The lowest BCUT2D eigenvalue weighted by Crippen LogP contribution is -2.41. The van der Waals surface area contributed by atoms with E-state index < -0.39 is 10.0 Å².